The van der Waals surface area contributed by atoms with Crippen LogP contribution < -0.4 is 11.5 Å². The normalized spacial score (nSPS) is 6.33. The molecule has 0 aromatic rings. The molecule has 0 aliphatic carbocycles. The monoisotopic (exact) mass is 136 g/mol. The van der Waals surface area contributed by atoms with E-state index < -0.39 is 5.09 Å². The first-order valence-corrected chi connectivity index (χ1v) is 1.78. The van der Waals surface area contributed by atoms with E-state index in [1.807, 2.05) is 0 Å². The second kappa shape index (κ2) is 6.47. The zero-order valence-corrected chi connectivity index (χ0v) is 4.83. The van der Waals surface area contributed by atoms with Crippen LogP contribution in [0, 0.1) is 15.5 Å². The van der Waals surface area contributed by atoms with Crippen LogP contribution in [-0.4, -0.2) is 18.2 Å². The zero-order valence-electron chi connectivity index (χ0n) is 4.83. The van der Waals surface area contributed by atoms with E-state index >= 15 is 0 Å². The molecule has 0 spiro atoms. The summed E-state index contributed by atoms with van der Waals surface area (Å²) in [6.45, 7) is 0. The summed E-state index contributed by atoms with van der Waals surface area (Å²) in [4.78, 5) is 12.4. The van der Waals surface area contributed by atoms with Gasteiger partial charge in [-0.3, -0.25) is 5.41 Å². The first kappa shape index (κ1) is 10.5. The maximum absolute atomic E-state index is 8.95. The fraction of sp³-hybridized carbons (Fsp3) is 0.500. The Morgan fingerprint density at radius 2 is 1.89 bits per heavy atom. The molecule has 9 heavy (non-hydrogen) atoms. The van der Waals surface area contributed by atoms with Crippen LogP contribution in [0.3, 0.4) is 0 Å². The first-order chi connectivity index (χ1) is 4.00. The fourth-order valence-corrected chi connectivity index (χ4v) is 0. The Hall–Kier alpha value is -1.53. The smallest absolute Gasteiger partial charge is 0.294 e. The van der Waals surface area contributed by atoms with Crippen molar-refractivity contribution in [1.82, 2.24) is 0 Å². The van der Waals surface area contributed by atoms with E-state index in [9.17, 15) is 0 Å². The van der Waals surface area contributed by atoms with Crippen LogP contribution >= 0.6 is 0 Å². The van der Waals surface area contributed by atoms with Gasteiger partial charge in [0.25, 0.3) is 5.09 Å². The van der Waals surface area contributed by atoms with Gasteiger partial charge in [0.2, 0.25) is 0 Å². The van der Waals surface area contributed by atoms with E-state index in [-0.39, 0.29) is 5.96 Å². The third-order valence-electron chi connectivity index (χ3n) is 0.149. The van der Waals surface area contributed by atoms with E-state index in [2.05, 4.69) is 16.3 Å². The summed E-state index contributed by atoms with van der Waals surface area (Å²) in [6.07, 6.45) is 0. The van der Waals surface area contributed by atoms with Crippen LogP contribution in [-0.2, 0) is 4.84 Å². The average molecular weight is 136 g/mol. The van der Waals surface area contributed by atoms with Gasteiger partial charge in [0, 0.05) is 0 Å². The van der Waals surface area contributed by atoms with Gasteiger partial charge in [0.05, 0.1) is 7.11 Å². The van der Waals surface area contributed by atoms with E-state index in [1.165, 1.54) is 0 Å². The number of rotatable bonds is 1. The molecule has 7 nitrogen and oxygen atoms in total. The Balaban J connectivity index is 0. The number of hydrogen-bond donors (Lipinski definition) is 3. The summed E-state index contributed by atoms with van der Waals surface area (Å²) in [5, 5.41) is 14.1. The molecule has 0 amide bonds. The van der Waals surface area contributed by atoms with Gasteiger partial charge in [-0.25, -0.2) is 0 Å². The molecule has 0 radical (unpaired) electrons. The second-order valence-electron chi connectivity index (χ2n) is 0.862. The summed E-state index contributed by atoms with van der Waals surface area (Å²) in [7, 11) is 1.00. The van der Waals surface area contributed by atoms with Crippen molar-refractivity contribution in [3.63, 3.8) is 0 Å². The second-order valence-corrected chi connectivity index (χ2v) is 0.862. The molecular formula is C2H8N4O3. The Labute approximate surface area is 51.2 Å². The van der Waals surface area contributed by atoms with Gasteiger partial charge in [0.15, 0.2) is 5.96 Å². The Morgan fingerprint density at radius 3 is 1.89 bits per heavy atom. The molecule has 0 saturated carbocycles. The highest BCUT2D eigenvalue weighted by atomic mass is 16.9. The molecule has 54 valence electrons. The third-order valence-corrected chi connectivity index (χ3v) is 0.149. The number of nitrogens with one attached hydrogen (secondary N) is 1. The lowest BCUT2D eigenvalue weighted by Gasteiger charge is -1.75. The molecule has 0 unspecified atom stereocenters. The zero-order chi connectivity index (χ0) is 7.86. The van der Waals surface area contributed by atoms with Crippen LogP contribution in [0.2, 0.25) is 0 Å². The number of nitrogens with two attached hydrogens (primary N) is 2. The Morgan fingerprint density at radius 1 is 1.78 bits per heavy atom. The van der Waals surface area contributed by atoms with Crippen molar-refractivity contribution in [3.8, 4) is 0 Å². The summed E-state index contributed by atoms with van der Waals surface area (Å²) in [5.41, 5.74) is 8.94. The molecule has 0 rings (SSSR count). The quantitative estimate of drug-likeness (QED) is 0.178. The van der Waals surface area contributed by atoms with Crippen LogP contribution in [0.15, 0.2) is 0 Å². The Bertz CT molecular complexity index is 98.0. The lowest BCUT2D eigenvalue weighted by molar-refractivity contribution is -0.749. The van der Waals surface area contributed by atoms with Crippen molar-refractivity contribution in [2.75, 3.05) is 7.11 Å². The van der Waals surface area contributed by atoms with Gasteiger partial charge in [-0.05, 0) is 0 Å². The lowest BCUT2D eigenvalue weighted by atomic mass is 11.1. The minimum atomic E-state index is -0.875. The van der Waals surface area contributed by atoms with E-state index in [0.29, 0.717) is 0 Å². The van der Waals surface area contributed by atoms with E-state index in [4.69, 9.17) is 15.5 Å². The molecule has 0 saturated heterocycles. The standard InChI is InChI=1S/CH5N3.CH3NO3/c2-1(3)4;1-5-2(3)4/h(H5,2,3,4);1H3. The predicted octanol–water partition coefficient (Wildman–Crippen LogP) is -1.34. The molecule has 7 heteroatoms. The average Bonchev–Trinajstić information content (AvgIpc) is 1.65. The van der Waals surface area contributed by atoms with Crippen LogP contribution in [0.4, 0.5) is 0 Å². The molecule has 5 N–H and O–H groups in total. The van der Waals surface area contributed by atoms with Crippen LogP contribution in [0.1, 0.15) is 0 Å². The molecule has 0 aromatic carbocycles. The maximum atomic E-state index is 8.95. The predicted molar refractivity (Wildman–Crippen MR) is 30.1 cm³/mol. The Kier molecular flexibility index (Phi) is 7.51. The largest absolute Gasteiger partial charge is 0.370 e. The van der Waals surface area contributed by atoms with Crippen LogP contribution in [0.5, 0.6) is 0 Å². The highest BCUT2D eigenvalue weighted by Gasteiger charge is 1.77. The van der Waals surface area contributed by atoms with Gasteiger partial charge < -0.3 is 16.3 Å². The minimum Gasteiger partial charge on any atom is -0.370 e. The molecule has 0 aromatic heterocycles. The molecular weight excluding hydrogens is 128 g/mol. The lowest BCUT2D eigenvalue weighted by Crippen LogP contribution is -2.20. The van der Waals surface area contributed by atoms with Crippen molar-refractivity contribution in [1.29, 1.82) is 5.41 Å². The van der Waals surface area contributed by atoms with Crippen molar-refractivity contribution in [2.24, 2.45) is 11.5 Å². The highest BCUT2D eigenvalue weighted by molar-refractivity contribution is 5.71. The van der Waals surface area contributed by atoms with E-state index in [0.717, 1.165) is 7.11 Å². The number of guanidine groups is 1. The highest BCUT2D eigenvalue weighted by Crippen LogP contribution is 1.57. The van der Waals surface area contributed by atoms with Gasteiger partial charge in [0.1, 0.15) is 0 Å². The molecule has 0 heterocycles. The van der Waals surface area contributed by atoms with Crippen LogP contribution in [0.25, 0.3) is 0 Å². The topological polar surface area (TPSA) is 128 Å². The summed E-state index contributed by atoms with van der Waals surface area (Å²) in [5.74, 6) is -0.333. The first-order valence-electron chi connectivity index (χ1n) is 1.78. The maximum Gasteiger partial charge on any atom is 0.294 e. The number of nitrogens with zero attached hydrogens (tertiary/aromatic N) is 1. The summed E-state index contributed by atoms with van der Waals surface area (Å²) in [6, 6.07) is 0. The van der Waals surface area contributed by atoms with E-state index in [1.54, 1.807) is 0 Å². The van der Waals surface area contributed by atoms with Crippen molar-refractivity contribution >= 4 is 5.96 Å². The molecule has 0 atom stereocenters. The van der Waals surface area contributed by atoms with Crippen molar-refractivity contribution < 1.29 is 9.92 Å². The summed E-state index contributed by atoms with van der Waals surface area (Å²) >= 11 is 0. The molecule has 0 aliphatic heterocycles. The molecule has 0 bridgehead atoms. The van der Waals surface area contributed by atoms with Gasteiger partial charge in [-0.15, -0.1) is 10.1 Å². The minimum absolute atomic E-state index is 0.333. The van der Waals surface area contributed by atoms with Crippen molar-refractivity contribution in [2.45, 2.75) is 0 Å². The van der Waals surface area contributed by atoms with Crippen molar-refractivity contribution in [3.05, 3.63) is 10.1 Å². The van der Waals surface area contributed by atoms with Gasteiger partial charge in [-0.2, -0.15) is 0 Å². The SMILES string of the molecule is CO[N+](=O)[O-].N=C(N)N. The third kappa shape index (κ3) is 585. The number of hydrogen-bond acceptors (Lipinski definition) is 4. The van der Waals surface area contributed by atoms with Gasteiger partial charge >= 0.3 is 0 Å². The molecule has 0 fully saturated rings. The van der Waals surface area contributed by atoms with Gasteiger partial charge in [-0.1, -0.05) is 0 Å². The molecule has 0 aliphatic rings. The summed E-state index contributed by atoms with van der Waals surface area (Å²) < 4.78 is 0. The fourth-order valence-electron chi connectivity index (χ4n) is 0.